The molecule has 61 heavy (non-hydrogen) atoms. The number of nitrogens with zero attached hydrogens (tertiary/aromatic N) is 3. The average Bonchev–Trinajstić information content (AvgIpc) is 3.76. The van der Waals surface area contributed by atoms with E-state index in [0.717, 1.165) is 52.6 Å². The van der Waals surface area contributed by atoms with Crippen LogP contribution in [0.5, 0.6) is 0 Å². The van der Waals surface area contributed by atoms with E-state index in [1.807, 2.05) is 55.7 Å². The Kier molecular flexibility index (Phi) is 18.8. The molecule has 4 N–H and O–H groups in total. The summed E-state index contributed by atoms with van der Waals surface area (Å²) >= 11 is 1.13. The number of hydrogen-bond acceptors (Lipinski definition) is 10. The number of nitrogens with two attached hydrogens (primary N) is 1. The second kappa shape index (κ2) is 23.7. The van der Waals surface area contributed by atoms with Gasteiger partial charge >= 0.3 is 5.97 Å². The van der Waals surface area contributed by atoms with Crippen LogP contribution < -0.4 is 11.1 Å². The summed E-state index contributed by atoms with van der Waals surface area (Å²) in [6, 6.07) is 14.2. The van der Waals surface area contributed by atoms with Gasteiger partial charge in [0.1, 0.15) is 24.0 Å². The second-order valence-electron chi connectivity index (χ2n) is 15.6. The normalized spacial score (nSPS) is 13.7. The lowest BCUT2D eigenvalue weighted by molar-refractivity contribution is -0.143. The number of benzene rings is 2. The Balaban J connectivity index is 1.31. The first-order chi connectivity index (χ1) is 29.1. The quantitative estimate of drug-likeness (QED) is 0.0755. The summed E-state index contributed by atoms with van der Waals surface area (Å²) in [5, 5.41) is 12.5. The topological polar surface area (TPSA) is 191 Å². The first kappa shape index (κ1) is 48.4. The highest BCUT2D eigenvalue weighted by Crippen LogP contribution is 2.41. The minimum absolute atomic E-state index is 0.0118. The lowest BCUT2D eigenvalue weighted by atomic mass is 9.83. The molecule has 0 radical (unpaired) electrons. The molecule has 2 aromatic carbocycles. The molecule has 17 heteroatoms. The van der Waals surface area contributed by atoms with Crippen molar-refractivity contribution in [2.24, 2.45) is 17.1 Å². The van der Waals surface area contributed by atoms with Crippen molar-refractivity contribution in [3.63, 3.8) is 0 Å². The number of ether oxygens (including phenoxy) is 2. The largest absolute Gasteiger partial charge is 0.481 e. The highest BCUT2D eigenvalue weighted by molar-refractivity contribution is 7.99. The van der Waals surface area contributed by atoms with Gasteiger partial charge in [0, 0.05) is 73.4 Å². The maximum Gasteiger partial charge on any atom is 0.307 e. The molecule has 0 spiro atoms. The average molecular weight is 868 g/mol. The van der Waals surface area contributed by atoms with E-state index in [4.69, 9.17) is 15.2 Å². The van der Waals surface area contributed by atoms with Crippen molar-refractivity contribution in [1.29, 1.82) is 0 Å². The van der Waals surface area contributed by atoms with Crippen LogP contribution in [0.15, 0.2) is 72.9 Å². The summed E-state index contributed by atoms with van der Waals surface area (Å²) in [5.74, 6) is -5.59. The molecule has 1 aromatic heterocycles. The molecule has 330 valence electrons. The number of carbonyl (C=O) groups is 6. The lowest BCUT2D eigenvalue weighted by Crippen LogP contribution is -2.44. The molecule has 0 saturated carbocycles. The van der Waals surface area contributed by atoms with Gasteiger partial charge in [-0.05, 0) is 48.2 Å². The fraction of sp³-hybridized carbons (Fsp3) is 0.455. The first-order valence-electron chi connectivity index (χ1n) is 20.1. The SMILES string of the molecule is CC(C)(C)C(c1cc(-c2cc(F)ccc2F)cn1Cc1ccccc1)N(CCCN)C(=O)CSC[C@H](CC(=O)CCOCCOCCNC(=O)CN1C(=O)C=CC1=O)C(=O)O. The van der Waals surface area contributed by atoms with Gasteiger partial charge in [-0.1, -0.05) is 51.1 Å². The Labute approximate surface area is 358 Å². The predicted octanol–water partition coefficient (Wildman–Crippen LogP) is 4.60. The molecule has 1 unspecified atom stereocenters. The van der Waals surface area contributed by atoms with Crippen molar-refractivity contribution in [1.82, 2.24) is 19.7 Å². The third kappa shape index (κ3) is 15.0. The van der Waals surface area contributed by atoms with E-state index >= 15 is 4.39 Å². The molecule has 1 aliphatic heterocycles. The number of hydrogen-bond donors (Lipinski definition) is 3. The van der Waals surface area contributed by atoms with Crippen LogP contribution in [0.25, 0.3) is 11.1 Å². The molecule has 14 nitrogen and oxygen atoms in total. The molecule has 3 aromatic rings. The van der Waals surface area contributed by atoms with Gasteiger partial charge in [-0.15, -0.1) is 0 Å². The number of Topliss-reactive ketones (excluding diaryl/α,β-unsaturated/α-hetero) is 1. The van der Waals surface area contributed by atoms with Gasteiger partial charge in [-0.3, -0.25) is 33.7 Å². The number of halogens is 2. The predicted molar refractivity (Wildman–Crippen MR) is 226 cm³/mol. The smallest absolute Gasteiger partial charge is 0.307 e. The maximum absolute atomic E-state index is 15.1. The molecule has 4 rings (SSSR count). The van der Waals surface area contributed by atoms with E-state index in [-0.39, 0.29) is 81.1 Å². The fourth-order valence-corrected chi connectivity index (χ4v) is 7.80. The van der Waals surface area contributed by atoms with Crippen LogP contribution in [-0.4, -0.2) is 119 Å². The number of imide groups is 1. The van der Waals surface area contributed by atoms with Gasteiger partial charge < -0.3 is 35.1 Å². The number of carbonyl (C=O) groups excluding carboxylic acids is 5. The third-order valence-corrected chi connectivity index (χ3v) is 10.8. The van der Waals surface area contributed by atoms with E-state index < -0.39 is 52.7 Å². The summed E-state index contributed by atoms with van der Waals surface area (Å²) in [6.45, 7) is 7.27. The van der Waals surface area contributed by atoms with Gasteiger partial charge in [0.25, 0.3) is 11.8 Å². The van der Waals surface area contributed by atoms with Crippen LogP contribution in [0.1, 0.15) is 57.3 Å². The highest BCUT2D eigenvalue weighted by atomic mass is 32.2. The molecule has 0 fully saturated rings. The zero-order valence-electron chi connectivity index (χ0n) is 34.8. The number of aromatic nitrogens is 1. The minimum Gasteiger partial charge on any atom is -0.481 e. The molecule has 0 bridgehead atoms. The molecular weight excluding hydrogens is 813 g/mol. The Morgan fingerprint density at radius 2 is 1.64 bits per heavy atom. The molecule has 0 aliphatic carbocycles. The number of thioether (sulfide) groups is 1. The van der Waals surface area contributed by atoms with Crippen LogP contribution in [0.2, 0.25) is 0 Å². The van der Waals surface area contributed by atoms with Crippen molar-refractivity contribution in [2.45, 2.75) is 52.6 Å². The number of carboxylic acids is 1. The third-order valence-electron chi connectivity index (χ3n) is 9.74. The van der Waals surface area contributed by atoms with Gasteiger partial charge in [0.2, 0.25) is 11.8 Å². The number of ketones is 1. The van der Waals surface area contributed by atoms with Gasteiger partial charge in [-0.25, -0.2) is 8.78 Å². The van der Waals surface area contributed by atoms with E-state index in [1.54, 1.807) is 17.2 Å². The molecule has 4 amide bonds. The molecule has 1 aliphatic rings. The van der Waals surface area contributed by atoms with Crippen molar-refractivity contribution in [3.8, 4) is 11.1 Å². The van der Waals surface area contributed by atoms with E-state index in [1.165, 1.54) is 0 Å². The summed E-state index contributed by atoms with van der Waals surface area (Å²) in [5.41, 5.74) is 7.60. The Bertz CT molecular complexity index is 2000. The van der Waals surface area contributed by atoms with E-state index in [2.05, 4.69) is 5.32 Å². The van der Waals surface area contributed by atoms with Crippen molar-refractivity contribution in [3.05, 3.63) is 95.8 Å². The van der Waals surface area contributed by atoms with E-state index in [9.17, 15) is 38.3 Å². The Morgan fingerprint density at radius 1 is 0.951 bits per heavy atom. The minimum atomic E-state index is -1.16. The van der Waals surface area contributed by atoms with Crippen molar-refractivity contribution in [2.75, 3.05) is 64.1 Å². The zero-order chi connectivity index (χ0) is 44.5. The Hall–Kier alpha value is -5.23. The van der Waals surface area contributed by atoms with Crippen LogP contribution in [0.4, 0.5) is 8.78 Å². The number of rotatable bonds is 26. The fourth-order valence-electron chi connectivity index (χ4n) is 6.79. The molecule has 2 atom stereocenters. The Morgan fingerprint density at radius 3 is 2.30 bits per heavy atom. The first-order valence-corrected chi connectivity index (χ1v) is 21.2. The summed E-state index contributed by atoms with van der Waals surface area (Å²) in [4.78, 5) is 76.7. The van der Waals surface area contributed by atoms with Crippen LogP contribution in [0.3, 0.4) is 0 Å². The summed E-state index contributed by atoms with van der Waals surface area (Å²) in [7, 11) is 0. The second-order valence-corrected chi connectivity index (χ2v) is 16.6. The highest BCUT2D eigenvalue weighted by Gasteiger charge is 2.37. The number of nitrogens with one attached hydrogen (secondary N) is 1. The number of aliphatic carboxylic acids is 1. The molecule has 2 heterocycles. The van der Waals surface area contributed by atoms with Crippen molar-refractivity contribution < 1.29 is 52.1 Å². The zero-order valence-corrected chi connectivity index (χ0v) is 35.6. The maximum atomic E-state index is 15.1. The number of amides is 4. The van der Waals surface area contributed by atoms with Crippen molar-refractivity contribution >= 4 is 47.1 Å². The summed E-state index contributed by atoms with van der Waals surface area (Å²) < 4.78 is 42.3. The van der Waals surface area contributed by atoms with Crippen LogP contribution >= 0.6 is 11.8 Å². The molecule has 0 saturated heterocycles. The summed E-state index contributed by atoms with van der Waals surface area (Å²) in [6.07, 6.45) is 4.18. The standard InChI is InChI=1S/C44H55F2N5O9S/c1-44(2,3)42(37-23-31(35-24-33(45)10-11-36(35)46)26-49(37)25-30-8-5-4-6-9-30)50(17-7-15-47)41(56)29-61-28-32(43(57)58)22-34(52)14-18-59-20-21-60-19-16-48-38(53)27-51-39(54)12-13-40(51)55/h4-6,8-13,23-24,26,32,42H,7,14-22,25,27-29,47H2,1-3H3,(H,48,53)(H,57,58)/t32-,42?/m0/s1. The lowest BCUT2D eigenvalue weighted by Gasteiger charge is -2.41. The van der Waals surface area contributed by atoms with Gasteiger partial charge in [0.15, 0.2) is 0 Å². The van der Waals surface area contributed by atoms with Gasteiger partial charge in [-0.2, -0.15) is 11.8 Å². The monoisotopic (exact) mass is 867 g/mol. The van der Waals surface area contributed by atoms with Crippen LogP contribution in [-0.2, 0) is 44.8 Å². The molecular formula is C44H55F2N5O9S. The van der Waals surface area contributed by atoms with Gasteiger partial charge in [0.05, 0.1) is 44.1 Å². The van der Waals surface area contributed by atoms with Crippen LogP contribution in [0, 0.1) is 23.0 Å². The number of carboxylic acid groups (broad SMARTS) is 1. The van der Waals surface area contributed by atoms with E-state index in [0.29, 0.717) is 37.3 Å².